The van der Waals surface area contributed by atoms with E-state index in [1.807, 2.05) is 55.5 Å². The highest BCUT2D eigenvalue weighted by atomic mass is 32.1. The number of hydrogen-bond acceptors (Lipinski definition) is 8. The predicted octanol–water partition coefficient (Wildman–Crippen LogP) is 6.83. The Kier molecular flexibility index (Phi) is 6.25. The molecule has 3 aromatic carbocycles. The third-order valence-electron chi connectivity index (χ3n) is 6.65. The molecule has 0 aliphatic carbocycles. The van der Waals surface area contributed by atoms with Crippen molar-refractivity contribution in [3.63, 3.8) is 0 Å². The SMILES string of the molecule is COc1ccc(C2C(C(=O)c3sc(-c4ccccc4)nc3C)=C(O)C(=O)N2c2nc3ccc(C)cc3s2)cc1. The van der Waals surface area contributed by atoms with E-state index >= 15 is 0 Å². The molecular formula is C30H23N3O4S2. The highest BCUT2D eigenvalue weighted by Gasteiger charge is 2.46. The fraction of sp³-hybridized carbons (Fsp3) is 0.133. The molecule has 1 aliphatic rings. The Bertz CT molecular complexity index is 1770. The largest absolute Gasteiger partial charge is 0.503 e. The van der Waals surface area contributed by atoms with Crippen LogP contribution in [0.25, 0.3) is 20.8 Å². The van der Waals surface area contributed by atoms with Crippen LogP contribution >= 0.6 is 22.7 Å². The monoisotopic (exact) mass is 553 g/mol. The van der Waals surface area contributed by atoms with Crippen LogP contribution in [0.1, 0.15) is 32.5 Å². The zero-order chi connectivity index (χ0) is 27.3. The van der Waals surface area contributed by atoms with E-state index in [-0.39, 0.29) is 5.57 Å². The summed E-state index contributed by atoms with van der Waals surface area (Å²) in [5.41, 5.74) is 3.91. The minimum absolute atomic E-state index is 0.00645. The third kappa shape index (κ3) is 4.29. The van der Waals surface area contributed by atoms with E-state index in [9.17, 15) is 14.7 Å². The van der Waals surface area contributed by atoms with Crippen molar-refractivity contribution in [2.45, 2.75) is 19.9 Å². The number of rotatable bonds is 6. The van der Waals surface area contributed by atoms with Crippen molar-refractivity contribution < 1.29 is 19.4 Å². The molecule has 1 aliphatic heterocycles. The van der Waals surface area contributed by atoms with E-state index in [1.54, 1.807) is 38.3 Å². The van der Waals surface area contributed by atoms with Gasteiger partial charge in [0.05, 0.1) is 39.5 Å². The van der Waals surface area contributed by atoms with Gasteiger partial charge in [0.25, 0.3) is 5.91 Å². The summed E-state index contributed by atoms with van der Waals surface area (Å²) in [4.78, 5) is 38.8. The first-order valence-corrected chi connectivity index (χ1v) is 13.8. The van der Waals surface area contributed by atoms with Gasteiger partial charge in [-0.2, -0.15) is 0 Å². The maximum Gasteiger partial charge on any atom is 0.296 e. The number of ether oxygens (including phenoxy) is 1. The van der Waals surface area contributed by atoms with Gasteiger partial charge in [-0.15, -0.1) is 11.3 Å². The molecule has 3 heterocycles. The number of anilines is 1. The van der Waals surface area contributed by atoms with Gasteiger partial charge in [-0.3, -0.25) is 14.5 Å². The molecule has 0 spiro atoms. The first kappa shape index (κ1) is 25.0. The number of nitrogens with zero attached hydrogens (tertiary/aromatic N) is 3. The summed E-state index contributed by atoms with van der Waals surface area (Å²) in [5.74, 6) is -1.04. The maximum absolute atomic E-state index is 14.1. The number of aryl methyl sites for hydroxylation is 2. The second-order valence-corrected chi connectivity index (χ2v) is 11.2. The smallest absolute Gasteiger partial charge is 0.296 e. The van der Waals surface area contributed by atoms with Gasteiger partial charge in [0.2, 0.25) is 5.78 Å². The van der Waals surface area contributed by atoms with E-state index in [4.69, 9.17) is 9.72 Å². The van der Waals surface area contributed by atoms with Crippen LogP contribution < -0.4 is 9.64 Å². The number of hydrogen-bond donors (Lipinski definition) is 1. The summed E-state index contributed by atoms with van der Waals surface area (Å²) in [5, 5.41) is 12.3. The molecule has 0 saturated carbocycles. The molecule has 0 radical (unpaired) electrons. The van der Waals surface area contributed by atoms with Gasteiger partial charge in [-0.05, 0) is 49.2 Å². The second-order valence-electron chi connectivity index (χ2n) is 9.21. The fourth-order valence-electron chi connectivity index (χ4n) is 4.69. The van der Waals surface area contributed by atoms with Gasteiger partial charge >= 0.3 is 0 Å². The number of fused-ring (bicyclic) bond motifs is 1. The summed E-state index contributed by atoms with van der Waals surface area (Å²) in [6, 6.07) is 21.7. The third-order valence-corrected chi connectivity index (χ3v) is 8.87. The Morgan fingerprint density at radius 2 is 1.72 bits per heavy atom. The quantitative estimate of drug-likeness (QED) is 0.232. The molecule has 7 nitrogen and oxygen atoms in total. The maximum atomic E-state index is 14.1. The molecule has 0 saturated heterocycles. The van der Waals surface area contributed by atoms with Gasteiger partial charge in [-0.25, -0.2) is 9.97 Å². The Morgan fingerprint density at radius 1 is 0.974 bits per heavy atom. The summed E-state index contributed by atoms with van der Waals surface area (Å²) in [7, 11) is 1.57. The lowest BCUT2D eigenvalue weighted by Crippen LogP contribution is -2.30. The summed E-state index contributed by atoms with van der Waals surface area (Å²) < 4.78 is 6.23. The lowest BCUT2D eigenvalue weighted by Gasteiger charge is -2.24. The number of carbonyl (C=O) groups is 2. The molecule has 1 unspecified atom stereocenters. The number of carbonyl (C=O) groups excluding carboxylic acids is 2. The van der Waals surface area contributed by atoms with Gasteiger partial charge in [0.15, 0.2) is 10.9 Å². The molecule has 1 amide bonds. The van der Waals surface area contributed by atoms with Crippen LogP contribution in [0.2, 0.25) is 0 Å². The van der Waals surface area contributed by atoms with E-state index < -0.39 is 23.5 Å². The van der Waals surface area contributed by atoms with Gasteiger partial charge < -0.3 is 9.84 Å². The Balaban J connectivity index is 1.48. The topological polar surface area (TPSA) is 92.6 Å². The lowest BCUT2D eigenvalue weighted by atomic mass is 9.95. The Labute approximate surface area is 232 Å². The number of amides is 1. The minimum Gasteiger partial charge on any atom is -0.503 e. The second kappa shape index (κ2) is 9.76. The van der Waals surface area contributed by atoms with Crippen molar-refractivity contribution in [1.82, 2.24) is 9.97 Å². The van der Waals surface area contributed by atoms with Gasteiger partial charge in [-0.1, -0.05) is 59.9 Å². The van der Waals surface area contributed by atoms with Crippen LogP contribution in [0.5, 0.6) is 5.75 Å². The number of methoxy groups -OCH3 is 1. The predicted molar refractivity (Wildman–Crippen MR) is 154 cm³/mol. The minimum atomic E-state index is -0.876. The number of aliphatic hydroxyl groups excluding tert-OH is 1. The number of benzene rings is 3. The molecule has 2 aromatic heterocycles. The van der Waals surface area contributed by atoms with Crippen molar-refractivity contribution in [2.75, 3.05) is 12.0 Å². The Hall–Kier alpha value is -4.34. The van der Waals surface area contributed by atoms with Gasteiger partial charge in [0, 0.05) is 5.56 Å². The molecule has 39 heavy (non-hydrogen) atoms. The van der Waals surface area contributed by atoms with E-state index in [0.717, 1.165) is 21.3 Å². The first-order valence-electron chi connectivity index (χ1n) is 12.2. The normalized spacial score (nSPS) is 15.4. The number of aliphatic hydroxyl groups is 1. The van der Waals surface area contributed by atoms with Crippen molar-refractivity contribution >= 4 is 49.7 Å². The summed E-state index contributed by atoms with van der Waals surface area (Å²) in [6.45, 7) is 3.76. The molecule has 1 atom stereocenters. The molecule has 0 fully saturated rings. The highest BCUT2D eigenvalue weighted by molar-refractivity contribution is 7.22. The molecule has 1 N–H and O–H groups in total. The highest BCUT2D eigenvalue weighted by Crippen LogP contribution is 2.45. The summed E-state index contributed by atoms with van der Waals surface area (Å²) >= 11 is 2.59. The first-order chi connectivity index (χ1) is 18.9. The van der Waals surface area contributed by atoms with Crippen LogP contribution in [0.3, 0.4) is 0 Å². The molecule has 9 heteroatoms. The molecule has 5 aromatic rings. The van der Waals surface area contributed by atoms with E-state index in [0.29, 0.717) is 32.0 Å². The number of ketones is 1. The zero-order valence-electron chi connectivity index (χ0n) is 21.3. The number of thiazole rings is 2. The van der Waals surface area contributed by atoms with Gasteiger partial charge in [0.1, 0.15) is 10.8 Å². The van der Waals surface area contributed by atoms with Crippen LogP contribution in [0.15, 0.2) is 84.1 Å². The molecule has 0 bridgehead atoms. The van der Waals surface area contributed by atoms with Crippen molar-refractivity contribution in [3.05, 3.63) is 106 Å². The van der Waals surface area contributed by atoms with Crippen molar-refractivity contribution in [2.24, 2.45) is 0 Å². The Morgan fingerprint density at radius 3 is 2.44 bits per heavy atom. The standard InChI is InChI=1S/C30H23N3O4S2/c1-16-9-14-21-22(15-16)38-30(32-21)33-24(18-10-12-20(37-3)13-11-18)23(26(35)29(33)36)25(34)27-17(2)31-28(39-27)19-7-5-4-6-8-19/h4-15,24,35H,1-3H3. The van der Waals surface area contributed by atoms with Crippen LogP contribution in [0, 0.1) is 13.8 Å². The molecule has 194 valence electrons. The van der Waals surface area contributed by atoms with E-state index in [1.165, 1.54) is 27.6 Å². The number of aromatic nitrogens is 2. The van der Waals surface area contributed by atoms with Crippen LogP contribution in [0.4, 0.5) is 5.13 Å². The van der Waals surface area contributed by atoms with Crippen molar-refractivity contribution in [3.8, 4) is 16.3 Å². The average molecular weight is 554 g/mol. The summed E-state index contributed by atoms with van der Waals surface area (Å²) in [6.07, 6.45) is 0. The zero-order valence-corrected chi connectivity index (χ0v) is 23.0. The fourth-order valence-corrected chi connectivity index (χ4v) is 6.81. The molecule has 6 rings (SSSR count). The van der Waals surface area contributed by atoms with Crippen LogP contribution in [-0.4, -0.2) is 33.9 Å². The lowest BCUT2D eigenvalue weighted by molar-refractivity contribution is -0.117. The molecular weight excluding hydrogens is 530 g/mol. The van der Waals surface area contributed by atoms with E-state index in [2.05, 4.69) is 4.98 Å². The van der Waals surface area contributed by atoms with Crippen molar-refractivity contribution in [1.29, 1.82) is 0 Å². The number of Topliss-reactive ketones (excluding diaryl/α,β-unsaturated/α-hetero) is 1. The van der Waals surface area contributed by atoms with Crippen LogP contribution in [-0.2, 0) is 4.79 Å². The average Bonchev–Trinajstić information content (AvgIpc) is 3.62.